The van der Waals surface area contributed by atoms with E-state index in [1.807, 2.05) is 13.3 Å². The van der Waals surface area contributed by atoms with Gasteiger partial charge in [-0.1, -0.05) is 0 Å². The van der Waals surface area contributed by atoms with Crippen molar-refractivity contribution in [1.29, 1.82) is 0 Å². The molecule has 2 aliphatic rings. The fourth-order valence-corrected chi connectivity index (χ4v) is 4.73. The molecular formula is C21H24N4O2S. The third-order valence-electron chi connectivity index (χ3n) is 5.84. The smallest absolute Gasteiger partial charge is 0.220 e. The Morgan fingerprint density at radius 3 is 2.79 bits per heavy atom. The fourth-order valence-electron chi connectivity index (χ4n) is 3.83. The summed E-state index contributed by atoms with van der Waals surface area (Å²) in [4.78, 5) is 22.2. The lowest BCUT2D eigenvalue weighted by atomic mass is 10.0. The van der Waals surface area contributed by atoms with Crippen molar-refractivity contribution in [2.24, 2.45) is 5.92 Å². The summed E-state index contributed by atoms with van der Waals surface area (Å²) >= 11 is 1.70. The zero-order valence-electron chi connectivity index (χ0n) is 16.4. The Morgan fingerprint density at radius 2 is 2.14 bits per heavy atom. The Bertz CT molecular complexity index is 1050. The SMILES string of the molecule is Cc1nc(-c2cc(OC(C)C3CNC(=O)C3)c3c(c2)ncn3C2CC2)sc1C. The van der Waals surface area contributed by atoms with Crippen molar-refractivity contribution < 1.29 is 9.53 Å². The van der Waals surface area contributed by atoms with Crippen LogP contribution in [0.4, 0.5) is 0 Å². The summed E-state index contributed by atoms with van der Waals surface area (Å²) in [6.45, 7) is 6.87. The van der Waals surface area contributed by atoms with Gasteiger partial charge in [0.1, 0.15) is 22.4 Å². The average molecular weight is 397 g/mol. The van der Waals surface area contributed by atoms with Gasteiger partial charge in [-0.3, -0.25) is 4.79 Å². The van der Waals surface area contributed by atoms with E-state index in [0.29, 0.717) is 19.0 Å². The molecule has 1 saturated heterocycles. The molecule has 6 nitrogen and oxygen atoms in total. The van der Waals surface area contributed by atoms with Crippen molar-refractivity contribution in [1.82, 2.24) is 19.9 Å². The van der Waals surface area contributed by atoms with Crippen LogP contribution in [0.1, 0.15) is 42.8 Å². The number of imidazole rings is 1. The average Bonchev–Trinajstić information content (AvgIpc) is 3.10. The predicted molar refractivity (Wildman–Crippen MR) is 110 cm³/mol. The maximum absolute atomic E-state index is 11.6. The number of ether oxygens (including phenoxy) is 1. The summed E-state index contributed by atoms with van der Waals surface area (Å²) in [5.41, 5.74) is 4.10. The fraction of sp³-hybridized carbons (Fsp3) is 0.476. The van der Waals surface area contributed by atoms with E-state index < -0.39 is 0 Å². The molecule has 5 rings (SSSR count). The summed E-state index contributed by atoms with van der Waals surface area (Å²) in [6.07, 6.45) is 4.78. The van der Waals surface area contributed by atoms with Crippen LogP contribution >= 0.6 is 11.3 Å². The van der Waals surface area contributed by atoms with Gasteiger partial charge in [0.2, 0.25) is 5.91 Å². The zero-order valence-corrected chi connectivity index (χ0v) is 17.2. The van der Waals surface area contributed by atoms with Crippen molar-refractivity contribution in [2.75, 3.05) is 6.54 Å². The molecule has 3 heterocycles. The van der Waals surface area contributed by atoms with Gasteiger partial charge < -0.3 is 14.6 Å². The lowest BCUT2D eigenvalue weighted by Crippen LogP contribution is -2.25. The summed E-state index contributed by atoms with van der Waals surface area (Å²) in [5, 5.41) is 3.90. The molecule has 3 aromatic rings. The molecule has 2 unspecified atom stereocenters. The number of amides is 1. The first-order valence-electron chi connectivity index (χ1n) is 9.88. The molecule has 7 heteroatoms. The van der Waals surface area contributed by atoms with Gasteiger partial charge in [0, 0.05) is 35.4 Å². The molecule has 146 valence electrons. The highest BCUT2D eigenvalue weighted by Gasteiger charge is 2.30. The monoisotopic (exact) mass is 396 g/mol. The molecule has 1 aliphatic carbocycles. The van der Waals surface area contributed by atoms with Crippen LogP contribution < -0.4 is 10.1 Å². The maximum Gasteiger partial charge on any atom is 0.220 e. The lowest BCUT2D eigenvalue weighted by molar-refractivity contribution is -0.119. The first kappa shape index (κ1) is 17.7. The number of carbonyl (C=O) groups excluding carboxylic acids is 1. The number of nitrogens with zero attached hydrogens (tertiary/aromatic N) is 3. The number of carbonyl (C=O) groups is 1. The predicted octanol–water partition coefficient (Wildman–Crippen LogP) is 4.01. The molecule has 1 amide bonds. The van der Waals surface area contributed by atoms with E-state index in [0.717, 1.165) is 33.0 Å². The van der Waals surface area contributed by atoms with Crippen molar-refractivity contribution >= 4 is 28.3 Å². The topological polar surface area (TPSA) is 69.0 Å². The molecule has 2 atom stereocenters. The second-order valence-corrected chi connectivity index (χ2v) is 9.18. The Labute approximate surface area is 167 Å². The molecule has 1 aliphatic heterocycles. The molecule has 2 aromatic heterocycles. The lowest BCUT2D eigenvalue weighted by Gasteiger charge is -2.21. The van der Waals surface area contributed by atoms with Crippen LogP contribution in [0.25, 0.3) is 21.6 Å². The van der Waals surface area contributed by atoms with Crippen LogP contribution in [0.3, 0.4) is 0 Å². The Balaban J connectivity index is 1.57. The zero-order chi connectivity index (χ0) is 19.4. The molecule has 0 bridgehead atoms. The first-order chi connectivity index (χ1) is 13.5. The normalized spacial score (nSPS) is 20.5. The van der Waals surface area contributed by atoms with Crippen molar-refractivity contribution in [3.63, 3.8) is 0 Å². The van der Waals surface area contributed by atoms with Crippen LogP contribution in [-0.4, -0.2) is 33.1 Å². The second-order valence-electron chi connectivity index (χ2n) is 7.98. The Kier molecular flexibility index (Phi) is 4.16. The highest BCUT2D eigenvalue weighted by atomic mass is 32.1. The van der Waals surface area contributed by atoms with Crippen molar-refractivity contribution in [3.05, 3.63) is 29.0 Å². The number of rotatable bonds is 5. The largest absolute Gasteiger partial charge is 0.488 e. The van der Waals surface area contributed by atoms with Gasteiger partial charge in [-0.05, 0) is 45.7 Å². The van der Waals surface area contributed by atoms with Crippen LogP contribution in [0.2, 0.25) is 0 Å². The van der Waals surface area contributed by atoms with Gasteiger partial charge in [-0.2, -0.15) is 0 Å². The minimum absolute atomic E-state index is 0.0558. The number of thiazole rings is 1. The molecule has 28 heavy (non-hydrogen) atoms. The number of benzene rings is 1. The van der Waals surface area contributed by atoms with Gasteiger partial charge in [0.05, 0.1) is 17.5 Å². The molecule has 0 spiro atoms. The molecular weight excluding hydrogens is 372 g/mol. The van der Waals surface area contributed by atoms with Gasteiger partial charge in [-0.25, -0.2) is 9.97 Å². The summed E-state index contributed by atoms with van der Waals surface area (Å²) < 4.78 is 8.71. The minimum Gasteiger partial charge on any atom is -0.488 e. The Hall–Kier alpha value is -2.41. The van der Waals surface area contributed by atoms with Gasteiger partial charge in [0.25, 0.3) is 0 Å². The quantitative estimate of drug-likeness (QED) is 0.707. The van der Waals surface area contributed by atoms with E-state index in [4.69, 9.17) is 9.72 Å². The molecule has 2 fully saturated rings. The van der Waals surface area contributed by atoms with Gasteiger partial charge >= 0.3 is 0 Å². The highest BCUT2D eigenvalue weighted by molar-refractivity contribution is 7.15. The van der Waals surface area contributed by atoms with Crippen LogP contribution in [0, 0.1) is 19.8 Å². The number of nitrogens with one attached hydrogen (secondary N) is 1. The van der Waals surface area contributed by atoms with Crippen LogP contribution in [0.15, 0.2) is 18.5 Å². The van der Waals surface area contributed by atoms with E-state index in [9.17, 15) is 4.79 Å². The second kappa shape index (κ2) is 6.58. The third-order valence-corrected chi connectivity index (χ3v) is 6.96. The number of fused-ring (bicyclic) bond motifs is 1. The van der Waals surface area contributed by atoms with Crippen molar-refractivity contribution in [2.45, 2.75) is 52.2 Å². The van der Waals surface area contributed by atoms with E-state index in [2.05, 4.69) is 40.8 Å². The van der Waals surface area contributed by atoms with Gasteiger partial charge in [-0.15, -0.1) is 11.3 Å². The summed E-state index contributed by atoms with van der Waals surface area (Å²) in [7, 11) is 0. The van der Waals surface area contributed by atoms with E-state index >= 15 is 0 Å². The first-order valence-corrected chi connectivity index (χ1v) is 10.7. The number of aryl methyl sites for hydroxylation is 2. The van der Waals surface area contributed by atoms with Crippen LogP contribution in [-0.2, 0) is 4.79 Å². The summed E-state index contributed by atoms with van der Waals surface area (Å²) in [6, 6.07) is 4.73. The van der Waals surface area contributed by atoms with E-state index in [1.165, 1.54) is 17.7 Å². The Morgan fingerprint density at radius 1 is 1.32 bits per heavy atom. The summed E-state index contributed by atoms with van der Waals surface area (Å²) in [5.74, 6) is 1.14. The number of hydrogen-bond donors (Lipinski definition) is 1. The number of hydrogen-bond acceptors (Lipinski definition) is 5. The highest BCUT2D eigenvalue weighted by Crippen LogP contribution is 2.42. The van der Waals surface area contributed by atoms with E-state index in [-0.39, 0.29) is 17.9 Å². The van der Waals surface area contributed by atoms with Crippen molar-refractivity contribution in [3.8, 4) is 16.3 Å². The van der Waals surface area contributed by atoms with Crippen LogP contribution in [0.5, 0.6) is 5.75 Å². The molecule has 1 aromatic carbocycles. The molecule has 0 radical (unpaired) electrons. The molecule has 1 saturated carbocycles. The number of aromatic nitrogens is 3. The minimum atomic E-state index is -0.0558. The van der Waals surface area contributed by atoms with E-state index in [1.54, 1.807) is 11.3 Å². The van der Waals surface area contributed by atoms with Gasteiger partial charge in [0.15, 0.2) is 0 Å². The molecule has 1 N–H and O–H groups in total. The third kappa shape index (κ3) is 3.07. The maximum atomic E-state index is 11.6. The standard InChI is InChI=1S/C21H24N4O2S/c1-11-13(3)28-21(24-11)14-6-17-20(25(10-23-17)16-4-5-16)18(7-14)27-12(2)15-8-19(26)22-9-15/h6-7,10,12,15-16H,4-5,8-9H2,1-3H3,(H,22,26).